The van der Waals surface area contributed by atoms with E-state index in [0.29, 0.717) is 42.4 Å². The molecule has 3 rings (SSSR count). The van der Waals surface area contributed by atoms with E-state index in [0.717, 1.165) is 16.8 Å². The van der Waals surface area contributed by atoms with E-state index in [2.05, 4.69) is 4.98 Å². The van der Waals surface area contributed by atoms with Crippen LogP contribution in [0.2, 0.25) is 0 Å². The third-order valence-corrected chi connectivity index (χ3v) is 4.64. The van der Waals surface area contributed by atoms with Crippen LogP contribution in [0.5, 0.6) is 11.5 Å². The molecule has 0 radical (unpaired) electrons. The summed E-state index contributed by atoms with van der Waals surface area (Å²) in [4.78, 5) is 30.0. The SMILES string of the molecule is CCOc1ccc2c(c1C)C(=O)N(Cc1c(C)cc(C)[nH]c1=O)CCO2. The number of rotatable bonds is 4. The second kappa shape index (κ2) is 7.23. The van der Waals surface area contributed by atoms with Crippen LogP contribution < -0.4 is 15.0 Å². The van der Waals surface area contributed by atoms with Crippen molar-refractivity contribution in [3.05, 3.63) is 56.5 Å². The van der Waals surface area contributed by atoms with Gasteiger partial charge in [-0.05, 0) is 51.5 Å². The summed E-state index contributed by atoms with van der Waals surface area (Å²) in [5.41, 5.74) is 3.41. The van der Waals surface area contributed by atoms with Crippen molar-refractivity contribution in [2.75, 3.05) is 19.8 Å². The number of aryl methyl sites for hydroxylation is 2. The molecule has 0 bridgehead atoms. The number of benzene rings is 1. The molecule has 0 aliphatic carbocycles. The van der Waals surface area contributed by atoms with Gasteiger partial charge in [-0.15, -0.1) is 0 Å². The number of aromatic nitrogens is 1. The minimum absolute atomic E-state index is 0.143. The van der Waals surface area contributed by atoms with Gasteiger partial charge in [0.15, 0.2) is 0 Å². The van der Waals surface area contributed by atoms with Crippen molar-refractivity contribution in [2.24, 2.45) is 0 Å². The van der Waals surface area contributed by atoms with Crippen molar-refractivity contribution in [3.63, 3.8) is 0 Å². The molecule has 1 N–H and O–H groups in total. The number of ether oxygens (including phenoxy) is 2. The highest BCUT2D eigenvalue weighted by atomic mass is 16.5. The molecule has 0 atom stereocenters. The topological polar surface area (TPSA) is 71.6 Å². The quantitative estimate of drug-likeness (QED) is 0.914. The van der Waals surface area contributed by atoms with Gasteiger partial charge >= 0.3 is 0 Å². The number of pyridine rings is 1. The van der Waals surface area contributed by atoms with Gasteiger partial charge in [0.05, 0.1) is 25.3 Å². The number of nitrogens with one attached hydrogen (secondary N) is 1. The van der Waals surface area contributed by atoms with Crippen LogP contribution in [0.25, 0.3) is 0 Å². The summed E-state index contributed by atoms with van der Waals surface area (Å²) in [5, 5.41) is 0. The number of aromatic amines is 1. The minimum atomic E-state index is -0.152. The zero-order chi connectivity index (χ0) is 18.8. The van der Waals surface area contributed by atoms with Gasteiger partial charge in [-0.1, -0.05) is 0 Å². The number of nitrogens with zero attached hydrogens (tertiary/aromatic N) is 1. The lowest BCUT2D eigenvalue weighted by molar-refractivity contribution is 0.0741. The number of hydrogen-bond acceptors (Lipinski definition) is 4. The first-order valence-corrected chi connectivity index (χ1v) is 8.80. The summed E-state index contributed by atoms with van der Waals surface area (Å²) in [5.74, 6) is 1.10. The molecule has 0 unspecified atom stereocenters. The van der Waals surface area contributed by atoms with E-state index in [1.54, 1.807) is 11.0 Å². The van der Waals surface area contributed by atoms with E-state index in [4.69, 9.17) is 9.47 Å². The summed E-state index contributed by atoms with van der Waals surface area (Å²) in [6, 6.07) is 5.52. The Morgan fingerprint density at radius 2 is 2.00 bits per heavy atom. The summed E-state index contributed by atoms with van der Waals surface area (Å²) < 4.78 is 11.4. The maximum absolute atomic E-state index is 13.2. The number of carbonyl (C=O) groups excluding carboxylic acids is 1. The van der Waals surface area contributed by atoms with Crippen molar-refractivity contribution in [3.8, 4) is 11.5 Å². The maximum atomic E-state index is 13.2. The summed E-state index contributed by atoms with van der Waals surface area (Å²) in [6.45, 7) is 9.08. The number of fused-ring (bicyclic) bond motifs is 1. The van der Waals surface area contributed by atoms with Crippen molar-refractivity contribution >= 4 is 5.91 Å². The molecule has 0 saturated heterocycles. The molecule has 1 aromatic heterocycles. The molecule has 2 heterocycles. The third-order valence-electron chi connectivity index (χ3n) is 4.64. The first kappa shape index (κ1) is 18.0. The fraction of sp³-hybridized carbons (Fsp3) is 0.400. The average molecular weight is 356 g/mol. The fourth-order valence-corrected chi connectivity index (χ4v) is 3.31. The molecule has 0 saturated carbocycles. The number of amides is 1. The van der Waals surface area contributed by atoms with Crippen LogP contribution in [0.15, 0.2) is 23.0 Å². The highest BCUT2D eigenvalue weighted by Gasteiger charge is 2.28. The predicted molar refractivity (Wildman–Crippen MR) is 99.1 cm³/mol. The summed E-state index contributed by atoms with van der Waals surface area (Å²) >= 11 is 0. The largest absolute Gasteiger partial charge is 0.494 e. The lowest BCUT2D eigenvalue weighted by Gasteiger charge is -2.21. The standard InChI is InChI=1S/C20H24N2O4/c1-5-25-16-6-7-17-18(14(16)4)20(24)22(8-9-26-17)11-15-12(2)10-13(3)21-19(15)23/h6-7,10H,5,8-9,11H2,1-4H3,(H,21,23). The molecular formula is C20H24N2O4. The number of carbonyl (C=O) groups is 1. The Labute approximate surface area is 152 Å². The number of hydrogen-bond donors (Lipinski definition) is 1. The van der Waals surface area contributed by atoms with E-state index in [-0.39, 0.29) is 18.0 Å². The summed E-state index contributed by atoms with van der Waals surface area (Å²) in [7, 11) is 0. The zero-order valence-corrected chi connectivity index (χ0v) is 15.6. The van der Waals surface area contributed by atoms with E-state index >= 15 is 0 Å². The first-order chi connectivity index (χ1) is 12.4. The molecule has 6 nitrogen and oxygen atoms in total. The molecule has 1 aliphatic heterocycles. The molecule has 2 aromatic rings. The Balaban J connectivity index is 1.98. The first-order valence-electron chi connectivity index (χ1n) is 8.80. The smallest absolute Gasteiger partial charge is 0.258 e. The third kappa shape index (κ3) is 3.31. The van der Waals surface area contributed by atoms with E-state index < -0.39 is 0 Å². The van der Waals surface area contributed by atoms with Crippen LogP contribution in [0.1, 0.15) is 39.7 Å². The fourth-order valence-electron chi connectivity index (χ4n) is 3.31. The van der Waals surface area contributed by atoms with Gasteiger partial charge in [0, 0.05) is 16.8 Å². The zero-order valence-electron chi connectivity index (χ0n) is 15.6. The van der Waals surface area contributed by atoms with Gasteiger partial charge < -0.3 is 19.4 Å². The van der Waals surface area contributed by atoms with E-state index in [1.807, 2.05) is 39.8 Å². The molecule has 0 fully saturated rings. The molecule has 1 aliphatic rings. The van der Waals surface area contributed by atoms with Crippen LogP contribution in [0.3, 0.4) is 0 Å². The molecule has 0 spiro atoms. The Hall–Kier alpha value is -2.76. The lowest BCUT2D eigenvalue weighted by Crippen LogP contribution is -2.35. The molecular weight excluding hydrogens is 332 g/mol. The molecule has 6 heteroatoms. The Bertz CT molecular complexity index is 901. The van der Waals surface area contributed by atoms with Crippen LogP contribution >= 0.6 is 0 Å². The molecule has 1 amide bonds. The second-order valence-corrected chi connectivity index (χ2v) is 6.51. The highest BCUT2D eigenvalue weighted by Crippen LogP contribution is 2.33. The second-order valence-electron chi connectivity index (χ2n) is 6.51. The average Bonchev–Trinajstić information content (AvgIpc) is 2.73. The lowest BCUT2D eigenvalue weighted by atomic mass is 10.0. The highest BCUT2D eigenvalue weighted by molar-refractivity contribution is 5.99. The van der Waals surface area contributed by atoms with E-state index in [1.165, 1.54) is 0 Å². The molecule has 26 heavy (non-hydrogen) atoms. The Kier molecular flexibility index (Phi) is 5.02. The summed E-state index contributed by atoms with van der Waals surface area (Å²) in [6.07, 6.45) is 0. The van der Waals surface area contributed by atoms with Crippen LogP contribution in [0.4, 0.5) is 0 Å². The van der Waals surface area contributed by atoms with Gasteiger partial charge in [-0.3, -0.25) is 9.59 Å². The normalized spacial score (nSPS) is 13.8. The van der Waals surface area contributed by atoms with Crippen LogP contribution in [-0.4, -0.2) is 35.5 Å². The minimum Gasteiger partial charge on any atom is -0.494 e. The van der Waals surface area contributed by atoms with E-state index in [9.17, 15) is 9.59 Å². The predicted octanol–water partition coefficient (Wildman–Crippen LogP) is 2.73. The van der Waals surface area contributed by atoms with Crippen molar-refractivity contribution in [2.45, 2.75) is 34.2 Å². The molecule has 1 aromatic carbocycles. The maximum Gasteiger partial charge on any atom is 0.258 e. The Morgan fingerprint density at radius 1 is 1.23 bits per heavy atom. The Morgan fingerprint density at radius 3 is 2.69 bits per heavy atom. The monoisotopic (exact) mass is 356 g/mol. The van der Waals surface area contributed by atoms with Gasteiger partial charge in [0.25, 0.3) is 11.5 Å². The van der Waals surface area contributed by atoms with Gasteiger partial charge in [-0.25, -0.2) is 0 Å². The van der Waals surface area contributed by atoms with Crippen molar-refractivity contribution < 1.29 is 14.3 Å². The van der Waals surface area contributed by atoms with Crippen molar-refractivity contribution in [1.29, 1.82) is 0 Å². The van der Waals surface area contributed by atoms with Gasteiger partial charge in [0.1, 0.15) is 18.1 Å². The van der Waals surface area contributed by atoms with Crippen LogP contribution in [-0.2, 0) is 6.54 Å². The number of H-pyrrole nitrogens is 1. The van der Waals surface area contributed by atoms with Gasteiger partial charge in [0.2, 0.25) is 0 Å². The van der Waals surface area contributed by atoms with Gasteiger partial charge in [-0.2, -0.15) is 0 Å². The van der Waals surface area contributed by atoms with Crippen LogP contribution in [0, 0.1) is 20.8 Å². The molecule has 138 valence electrons. The van der Waals surface area contributed by atoms with Crippen molar-refractivity contribution in [1.82, 2.24) is 9.88 Å².